The summed E-state index contributed by atoms with van der Waals surface area (Å²) < 4.78 is 0. The molecule has 2 aromatic rings. The number of aliphatic hydroxyl groups is 1. The van der Waals surface area contributed by atoms with Crippen LogP contribution in [0, 0.1) is 6.92 Å². The summed E-state index contributed by atoms with van der Waals surface area (Å²) in [5.41, 5.74) is 4.30. The van der Waals surface area contributed by atoms with Crippen LogP contribution in [0.1, 0.15) is 43.5 Å². The summed E-state index contributed by atoms with van der Waals surface area (Å²) in [6, 6.07) is 12.4. The Hall–Kier alpha value is -1.87. The molecule has 0 saturated carbocycles. The normalized spacial score (nSPS) is 11.0. The van der Waals surface area contributed by atoms with E-state index >= 15 is 0 Å². The van der Waals surface area contributed by atoms with Crippen LogP contribution < -0.4 is 4.90 Å². The lowest BCUT2D eigenvalue weighted by Gasteiger charge is -2.24. The molecule has 0 saturated heterocycles. The zero-order valence-electron chi connectivity index (χ0n) is 13.3. The van der Waals surface area contributed by atoms with E-state index in [1.54, 1.807) is 0 Å². The second kappa shape index (κ2) is 6.72. The Balaban J connectivity index is 2.46. The highest BCUT2D eigenvalue weighted by molar-refractivity contribution is 5.61. The van der Waals surface area contributed by atoms with Crippen LogP contribution in [0.25, 0.3) is 0 Å². The van der Waals surface area contributed by atoms with Crippen molar-refractivity contribution >= 4 is 11.5 Å². The number of hydrogen-bond donors (Lipinski definition) is 1. The van der Waals surface area contributed by atoms with Crippen molar-refractivity contribution in [3.63, 3.8) is 0 Å². The van der Waals surface area contributed by atoms with Crippen molar-refractivity contribution in [2.75, 3.05) is 11.4 Å². The molecule has 0 amide bonds. The maximum atomic E-state index is 9.48. The fourth-order valence-corrected chi connectivity index (χ4v) is 2.32. The van der Waals surface area contributed by atoms with Gasteiger partial charge in [-0.2, -0.15) is 0 Å². The Morgan fingerprint density at radius 3 is 2.33 bits per heavy atom. The van der Waals surface area contributed by atoms with Crippen molar-refractivity contribution in [2.45, 2.75) is 40.2 Å². The van der Waals surface area contributed by atoms with E-state index in [4.69, 9.17) is 4.98 Å². The standard InChI is InChI=1S/C18H24N2O/c1-5-20(16-8-6-14(4)7-9-16)18-11-15(12-21)10-17(19-18)13(2)3/h6-11,13,21H,5,12H2,1-4H3. The van der Waals surface area contributed by atoms with Crippen molar-refractivity contribution in [3.05, 3.63) is 53.2 Å². The van der Waals surface area contributed by atoms with Crippen LogP contribution in [0.2, 0.25) is 0 Å². The van der Waals surface area contributed by atoms with Gasteiger partial charge in [0.2, 0.25) is 0 Å². The molecule has 0 radical (unpaired) electrons. The lowest BCUT2D eigenvalue weighted by atomic mass is 10.1. The molecular formula is C18H24N2O. The monoisotopic (exact) mass is 284 g/mol. The second-order valence-corrected chi connectivity index (χ2v) is 5.65. The molecule has 2 rings (SSSR count). The molecular weight excluding hydrogens is 260 g/mol. The smallest absolute Gasteiger partial charge is 0.133 e. The summed E-state index contributed by atoms with van der Waals surface area (Å²) in [6.07, 6.45) is 0. The van der Waals surface area contributed by atoms with Gasteiger partial charge >= 0.3 is 0 Å². The lowest BCUT2D eigenvalue weighted by Crippen LogP contribution is -2.18. The maximum Gasteiger partial charge on any atom is 0.133 e. The lowest BCUT2D eigenvalue weighted by molar-refractivity contribution is 0.281. The average molecular weight is 284 g/mol. The van der Waals surface area contributed by atoms with Gasteiger partial charge in [0, 0.05) is 17.9 Å². The Labute approximate surface area is 127 Å². The molecule has 0 aliphatic rings. The second-order valence-electron chi connectivity index (χ2n) is 5.65. The molecule has 1 aromatic heterocycles. The molecule has 1 N–H and O–H groups in total. The van der Waals surface area contributed by atoms with Crippen LogP contribution in [0.15, 0.2) is 36.4 Å². The van der Waals surface area contributed by atoms with E-state index in [2.05, 4.69) is 56.9 Å². The van der Waals surface area contributed by atoms with E-state index in [9.17, 15) is 5.11 Å². The van der Waals surface area contributed by atoms with Crippen molar-refractivity contribution < 1.29 is 5.11 Å². The highest BCUT2D eigenvalue weighted by atomic mass is 16.3. The molecule has 1 aromatic carbocycles. The third-order valence-corrected chi connectivity index (χ3v) is 3.60. The number of hydrogen-bond acceptors (Lipinski definition) is 3. The van der Waals surface area contributed by atoms with Crippen LogP contribution in [-0.4, -0.2) is 16.6 Å². The molecule has 0 spiro atoms. The first-order valence-electron chi connectivity index (χ1n) is 7.51. The van der Waals surface area contributed by atoms with Crippen molar-refractivity contribution in [1.82, 2.24) is 4.98 Å². The van der Waals surface area contributed by atoms with Crippen molar-refractivity contribution in [3.8, 4) is 0 Å². The third kappa shape index (κ3) is 3.61. The van der Waals surface area contributed by atoms with Gasteiger partial charge in [0.15, 0.2) is 0 Å². The van der Waals surface area contributed by atoms with Gasteiger partial charge in [-0.15, -0.1) is 0 Å². The zero-order valence-corrected chi connectivity index (χ0v) is 13.3. The minimum Gasteiger partial charge on any atom is -0.392 e. The van der Waals surface area contributed by atoms with E-state index in [-0.39, 0.29) is 6.61 Å². The van der Waals surface area contributed by atoms with Crippen LogP contribution in [0.4, 0.5) is 11.5 Å². The van der Waals surface area contributed by atoms with Gasteiger partial charge in [-0.1, -0.05) is 31.5 Å². The maximum absolute atomic E-state index is 9.48. The molecule has 0 atom stereocenters. The molecule has 21 heavy (non-hydrogen) atoms. The van der Waals surface area contributed by atoms with E-state index in [0.29, 0.717) is 5.92 Å². The summed E-state index contributed by atoms with van der Waals surface area (Å²) >= 11 is 0. The van der Waals surface area contributed by atoms with Gasteiger partial charge in [-0.05, 0) is 49.6 Å². The summed E-state index contributed by atoms with van der Waals surface area (Å²) in [5.74, 6) is 1.24. The fourth-order valence-electron chi connectivity index (χ4n) is 2.32. The van der Waals surface area contributed by atoms with Crippen LogP contribution in [0.3, 0.4) is 0 Å². The first kappa shape index (κ1) is 15.5. The van der Waals surface area contributed by atoms with E-state index in [1.807, 2.05) is 12.1 Å². The Bertz CT molecular complexity index is 591. The predicted molar refractivity (Wildman–Crippen MR) is 88.1 cm³/mol. The highest BCUT2D eigenvalue weighted by Gasteiger charge is 2.12. The van der Waals surface area contributed by atoms with Crippen LogP contribution >= 0.6 is 0 Å². The van der Waals surface area contributed by atoms with Gasteiger partial charge in [-0.25, -0.2) is 4.98 Å². The average Bonchev–Trinajstić information content (AvgIpc) is 2.49. The Morgan fingerprint density at radius 1 is 1.14 bits per heavy atom. The van der Waals surface area contributed by atoms with Gasteiger partial charge in [0.1, 0.15) is 5.82 Å². The number of aromatic nitrogens is 1. The minimum absolute atomic E-state index is 0.0424. The Kier molecular flexibility index (Phi) is 4.97. The van der Waals surface area contributed by atoms with Gasteiger partial charge in [0.25, 0.3) is 0 Å². The summed E-state index contributed by atoms with van der Waals surface area (Å²) in [4.78, 5) is 6.94. The van der Waals surface area contributed by atoms with Crippen LogP contribution in [0.5, 0.6) is 0 Å². The van der Waals surface area contributed by atoms with Crippen molar-refractivity contribution in [2.24, 2.45) is 0 Å². The van der Waals surface area contributed by atoms with E-state index in [1.165, 1.54) is 5.56 Å². The SMILES string of the molecule is CCN(c1ccc(C)cc1)c1cc(CO)cc(C(C)C)n1. The van der Waals surface area contributed by atoms with Gasteiger partial charge in [-0.3, -0.25) is 0 Å². The first-order valence-corrected chi connectivity index (χ1v) is 7.51. The highest BCUT2D eigenvalue weighted by Crippen LogP contribution is 2.27. The predicted octanol–water partition coefficient (Wildman–Crippen LogP) is 4.16. The van der Waals surface area contributed by atoms with Crippen molar-refractivity contribution in [1.29, 1.82) is 0 Å². The molecule has 3 heteroatoms. The number of rotatable bonds is 5. The van der Waals surface area contributed by atoms with E-state index < -0.39 is 0 Å². The number of aliphatic hydroxyl groups excluding tert-OH is 1. The molecule has 0 fully saturated rings. The van der Waals surface area contributed by atoms with E-state index in [0.717, 1.165) is 29.3 Å². The number of aryl methyl sites for hydroxylation is 1. The first-order chi connectivity index (χ1) is 10.0. The topological polar surface area (TPSA) is 36.4 Å². The number of nitrogens with zero attached hydrogens (tertiary/aromatic N) is 2. The third-order valence-electron chi connectivity index (χ3n) is 3.60. The fraction of sp³-hybridized carbons (Fsp3) is 0.389. The summed E-state index contributed by atoms with van der Waals surface area (Å²) in [5, 5.41) is 9.48. The molecule has 0 aliphatic carbocycles. The Morgan fingerprint density at radius 2 is 1.81 bits per heavy atom. The molecule has 1 heterocycles. The van der Waals surface area contributed by atoms with Gasteiger partial charge < -0.3 is 10.0 Å². The molecule has 0 bridgehead atoms. The number of anilines is 2. The largest absolute Gasteiger partial charge is 0.392 e. The zero-order chi connectivity index (χ0) is 15.4. The number of pyridine rings is 1. The van der Waals surface area contributed by atoms with Gasteiger partial charge in [0.05, 0.1) is 6.61 Å². The quantitative estimate of drug-likeness (QED) is 0.895. The summed E-state index contributed by atoms with van der Waals surface area (Å²) in [7, 11) is 0. The molecule has 0 unspecified atom stereocenters. The number of benzene rings is 1. The molecule has 0 aliphatic heterocycles. The van der Waals surface area contributed by atoms with Crippen LogP contribution in [-0.2, 0) is 6.61 Å². The summed E-state index contributed by atoms with van der Waals surface area (Å²) in [6.45, 7) is 9.32. The molecule has 112 valence electrons. The minimum atomic E-state index is 0.0424. The molecule has 3 nitrogen and oxygen atoms in total.